The molecule has 3 heteroatoms. The smallest absolute Gasteiger partial charge is 0.115 e. The summed E-state index contributed by atoms with van der Waals surface area (Å²) < 4.78 is 0. The van der Waals surface area contributed by atoms with E-state index in [9.17, 15) is 10.2 Å². The van der Waals surface area contributed by atoms with Crippen molar-refractivity contribution in [2.75, 3.05) is 13.7 Å². The molecule has 0 aliphatic heterocycles. The van der Waals surface area contributed by atoms with Crippen molar-refractivity contribution < 1.29 is 10.2 Å². The average Bonchev–Trinajstić information content (AvgIpc) is 2.15. The largest absolute Gasteiger partial charge is 0.508 e. The number of phenolic OH excluding ortho intramolecular Hbond substituents is 1. The van der Waals surface area contributed by atoms with Crippen LogP contribution in [-0.4, -0.2) is 34.8 Å². The third kappa shape index (κ3) is 4.02. The fourth-order valence-corrected chi connectivity index (χ4v) is 2.13. The number of rotatable bonds is 4. The summed E-state index contributed by atoms with van der Waals surface area (Å²) >= 11 is 0. The standard InChI is InChI=1S/C14H23NO2/c1-14(2,3)13(10-16)15(4)9-11-6-5-7-12(17)8-11/h5-8,13,16-17H,9-10H2,1-4H3. The van der Waals surface area contributed by atoms with Crippen LogP contribution in [0.25, 0.3) is 0 Å². The predicted molar refractivity (Wildman–Crippen MR) is 69.9 cm³/mol. The van der Waals surface area contributed by atoms with Crippen molar-refractivity contribution in [2.45, 2.75) is 33.4 Å². The van der Waals surface area contributed by atoms with Crippen molar-refractivity contribution in [1.82, 2.24) is 4.90 Å². The summed E-state index contributed by atoms with van der Waals surface area (Å²) in [5.41, 5.74) is 1.08. The van der Waals surface area contributed by atoms with Crippen LogP contribution in [0.5, 0.6) is 5.75 Å². The lowest BCUT2D eigenvalue weighted by Gasteiger charge is -2.36. The highest BCUT2D eigenvalue weighted by atomic mass is 16.3. The first-order valence-electron chi connectivity index (χ1n) is 5.93. The second-order valence-corrected chi connectivity index (χ2v) is 5.65. The molecule has 1 unspecified atom stereocenters. The Morgan fingerprint density at radius 2 is 1.94 bits per heavy atom. The number of phenols is 1. The molecule has 0 radical (unpaired) electrons. The van der Waals surface area contributed by atoms with Gasteiger partial charge in [-0.25, -0.2) is 0 Å². The van der Waals surface area contributed by atoms with Gasteiger partial charge < -0.3 is 10.2 Å². The summed E-state index contributed by atoms with van der Waals surface area (Å²) in [6.45, 7) is 7.21. The summed E-state index contributed by atoms with van der Waals surface area (Å²) in [4.78, 5) is 2.12. The van der Waals surface area contributed by atoms with Gasteiger partial charge in [0, 0.05) is 12.6 Å². The molecule has 0 aliphatic rings. The summed E-state index contributed by atoms with van der Waals surface area (Å²) in [5, 5.41) is 18.9. The first kappa shape index (κ1) is 14.0. The molecule has 2 N–H and O–H groups in total. The second kappa shape index (κ2) is 5.52. The van der Waals surface area contributed by atoms with E-state index >= 15 is 0 Å². The molecule has 0 saturated heterocycles. The molecular weight excluding hydrogens is 214 g/mol. The summed E-state index contributed by atoms with van der Waals surface area (Å²) in [6, 6.07) is 7.34. The lowest BCUT2D eigenvalue weighted by atomic mass is 9.86. The average molecular weight is 237 g/mol. The molecule has 0 fully saturated rings. The van der Waals surface area contributed by atoms with Crippen molar-refractivity contribution >= 4 is 0 Å². The summed E-state index contributed by atoms with van der Waals surface area (Å²) in [7, 11) is 2.00. The number of hydrogen-bond donors (Lipinski definition) is 2. The molecule has 0 aliphatic carbocycles. The highest BCUT2D eigenvalue weighted by Gasteiger charge is 2.27. The molecule has 0 aromatic heterocycles. The van der Waals surface area contributed by atoms with Gasteiger partial charge in [0.25, 0.3) is 0 Å². The van der Waals surface area contributed by atoms with Crippen LogP contribution >= 0.6 is 0 Å². The highest BCUT2D eigenvalue weighted by molar-refractivity contribution is 5.27. The summed E-state index contributed by atoms with van der Waals surface area (Å²) in [5.74, 6) is 0.284. The normalized spacial score (nSPS) is 14.0. The van der Waals surface area contributed by atoms with E-state index in [1.165, 1.54) is 0 Å². The Kier molecular flexibility index (Phi) is 4.54. The Morgan fingerprint density at radius 1 is 1.29 bits per heavy atom. The monoisotopic (exact) mass is 237 g/mol. The molecule has 96 valence electrons. The van der Waals surface area contributed by atoms with Gasteiger partial charge in [-0.05, 0) is 30.2 Å². The second-order valence-electron chi connectivity index (χ2n) is 5.65. The first-order chi connectivity index (χ1) is 7.84. The van der Waals surface area contributed by atoms with Gasteiger partial charge >= 0.3 is 0 Å². The summed E-state index contributed by atoms with van der Waals surface area (Å²) in [6.07, 6.45) is 0. The number of hydrogen-bond acceptors (Lipinski definition) is 3. The van der Waals surface area contributed by atoms with Gasteiger partial charge in [-0.15, -0.1) is 0 Å². The van der Waals surface area contributed by atoms with Crippen LogP contribution in [0.1, 0.15) is 26.3 Å². The van der Waals surface area contributed by atoms with E-state index in [0.29, 0.717) is 0 Å². The van der Waals surface area contributed by atoms with E-state index < -0.39 is 0 Å². The third-order valence-electron chi connectivity index (χ3n) is 3.05. The Balaban J connectivity index is 2.74. The van der Waals surface area contributed by atoms with Gasteiger partial charge in [-0.2, -0.15) is 0 Å². The lowest BCUT2D eigenvalue weighted by Crippen LogP contribution is -2.43. The van der Waals surface area contributed by atoms with Gasteiger partial charge in [0.15, 0.2) is 0 Å². The fourth-order valence-electron chi connectivity index (χ4n) is 2.13. The number of nitrogens with zero attached hydrogens (tertiary/aromatic N) is 1. The third-order valence-corrected chi connectivity index (χ3v) is 3.05. The van der Waals surface area contributed by atoms with Gasteiger partial charge in [-0.3, -0.25) is 4.90 Å². The SMILES string of the molecule is CN(Cc1cccc(O)c1)C(CO)C(C)(C)C. The molecule has 3 nitrogen and oxygen atoms in total. The van der Waals surface area contributed by atoms with Crippen LogP contribution in [0, 0.1) is 5.41 Å². The zero-order valence-corrected chi connectivity index (χ0v) is 11.1. The Labute approximate surface area is 104 Å². The lowest BCUT2D eigenvalue weighted by molar-refractivity contribution is 0.0614. The Bertz CT molecular complexity index is 357. The van der Waals surface area contributed by atoms with E-state index in [-0.39, 0.29) is 23.8 Å². The van der Waals surface area contributed by atoms with Crippen molar-refractivity contribution in [3.05, 3.63) is 29.8 Å². The van der Waals surface area contributed by atoms with Crippen molar-refractivity contribution in [3.8, 4) is 5.75 Å². The molecule has 17 heavy (non-hydrogen) atoms. The zero-order valence-electron chi connectivity index (χ0n) is 11.1. The predicted octanol–water partition coefficient (Wildman–Crippen LogP) is 2.23. The first-order valence-corrected chi connectivity index (χ1v) is 5.93. The molecule has 0 heterocycles. The van der Waals surface area contributed by atoms with E-state index in [2.05, 4.69) is 25.7 Å². The quantitative estimate of drug-likeness (QED) is 0.844. The number of aromatic hydroxyl groups is 1. The topological polar surface area (TPSA) is 43.7 Å². The molecule has 0 amide bonds. The van der Waals surface area contributed by atoms with Crippen LogP contribution in [0.15, 0.2) is 24.3 Å². The maximum atomic E-state index is 9.47. The minimum atomic E-state index is 0.0281. The maximum absolute atomic E-state index is 9.47. The van der Waals surface area contributed by atoms with Crippen LogP contribution in [0.3, 0.4) is 0 Å². The maximum Gasteiger partial charge on any atom is 0.115 e. The molecule has 1 rings (SSSR count). The molecule has 1 aromatic rings. The van der Waals surface area contributed by atoms with Crippen molar-refractivity contribution in [1.29, 1.82) is 0 Å². The molecule has 0 bridgehead atoms. The van der Waals surface area contributed by atoms with E-state index in [4.69, 9.17) is 0 Å². The molecule has 0 saturated carbocycles. The van der Waals surface area contributed by atoms with E-state index in [1.54, 1.807) is 12.1 Å². The minimum absolute atomic E-state index is 0.0281. The number of aliphatic hydroxyl groups is 1. The highest BCUT2D eigenvalue weighted by Crippen LogP contribution is 2.24. The molecule has 0 spiro atoms. The van der Waals surface area contributed by atoms with Gasteiger partial charge in [-0.1, -0.05) is 32.9 Å². The fraction of sp³-hybridized carbons (Fsp3) is 0.571. The van der Waals surface area contributed by atoms with Crippen molar-refractivity contribution in [3.63, 3.8) is 0 Å². The van der Waals surface area contributed by atoms with Crippen LogP contribution < -0.4 is 0 Å². The zero-order chi connectivity index (χ0) is 13.1. The van der Waals surface area contributed by atoms with Gasteiger partial charge in [0.2, 0.25) is 0 Å². The molecular formula is C14H23NO2. The van der Waals surface area contributed by atoms with Gasteiger partial charge in [0.05, 0.1) is 6.61 Å². The Morgan fingerprint density at radius 3 is 2.41 bits per heavy atom. The van der Waals surface area contributed by atoms with Crippen LogP contribution in [0.2, 0.25) is 0 Å². The van der Waals surface area contributed by atoms with Crippen LogP contribution in [0.4, 0.5) is 0 Å². The van der Waals surface area contributed by atoms with E-state index in [0.717, 1.165) is 12.1 Å². The molecule has 1 atom stereocenters. The molecule has 1 aromatic carbocycles. The van der Waals surface area contributed by atoms with Crippen molar-refractivity contribution in [2.24, 2.45) is 5.41 Å². The van der Waals surface area contributed by atoms with Gasteiger partial charge in [0.1, 0.15) is 5.75 Å². The number of likely N-dealkylation sites (N-methyl/N-ethyl adjacent to an activating group) is 1. The van der Waals surface area contributed by atoms with E-state index in [1.807, 2.05) is 19.2 Å². The number of aliphatic hydroxyl groups excluding tert-OH is 1. The Hall–Kier alpha value is -1.06. The number of benzene rings is 1. The minimum Gasteiger partial charge on any atom is -0.508 e. The van der Waals surface area contributed by atoms with Crippen LogP contribution in [-0.2, 0) is 6.54 Å².